The maximum absolute atomic E-state index is 12.0. The minimum atomic E-state index is -3.12. The Balaban J connectivity index is 1.94. The molecule has 2 atom stereocenters. The smallest absolute Gasteiger partial charge is 0.178 e. The summed E-state index contributed by atoms with van der Waals surface area (Å²) in [4.78, 5) is 0.408. The molecule has 0 bridgehead atoms. The van der Waals surface area contributed by atoms with Gasteiger partial charge in [0.15, 0.2) is 9.84 Å². The largest absolute Gasteiger partial charge is 0.385 e. The highest BCUT2D eigenvalue weighted by Crippen LogP contribution is 2.24. The van der Waals surface area contributed by atoms with Crippen molar-refractivity contribution in [2.45, 2.75) is 44.1 Å². The summed E-state index contributed by atoms with van der Waals surface area (Å²) >= 11 is 0. The molecule has 0 spiro atoms. The van der Waals surface area contributed by atoms with Crippen LogP contribution >= 0.6 is 0 Å². The molecule has 0 aromatic heterocycles. The molecule has 2 rings (SSSR count). The molecular weight excluding hydrogens is 286 g/mol. The van der Waals surface area contributed by atoms with Crippen molar-refractivity contribution in [1.29, 1.82) is 0 Å². The third kappa shape index (κ3) is 4.20. The van der Waals surface area contributed by atoms with Crippen molar-refractivity contribution >= 4 is 15.5 Å². The maximum atomic E-state index is 12.0. The van der Waals surface area contributed by atoms with Crippen molar-refractivity contribution in [1.82, 2.24) is 0 Å². The van der Waals surface area contributed by atoms with Gasteiger partial charge >= 0.3 is 0 Å². The summed E-state index contributed by atoms with van der Waals surface area (Å²) in [5.74, 6) is 0.746. The minimum absolute atomic E-state index is 0.206. The van der Waals surface area contributed by atoms with E-state index in [9.17, 15) is 8.42 Å². The zero-order chi connectivity index (χ0) is 15.3. The molecule has 1 aromatic carbocycles. The van der Waals surface area contributed by atoms with E-state index in [0.717, 1.165) is 31.7 Å². The molecule has 0 saturated carbocycles. The lowest BCUT2D eigenvalue weighted by Crippen LogP contribution is -2.22. The molecule has 1 aliphatic heterocycles. The molecule has 2 unspecified atom stereocenters. The van der Waals surface area contributed by atoms with E-state index < -0.39 is 9.84 Å². The van der Waals surface area contributed by atoms with Crippen LogP contribution in [0.3, 0.4) is 0 Å². The second-order valence-corrected chi connectivity index (χ2v) is 7.70. The number of nitrogens with one attached hydrogen (secondary N) is 1. The molecule has 1 N–H and O–H groups in total. The van der Waals surface area contributed by atoms with Crippen LogP contribution in [0, 0.1) is 5.92 Å². The third-order valence-electron chi connectivity index (χ3n) is 4.00. The van der Waals surface area contributed by atoms with Crippen LogP contribution in [0.2, 0.25) is 0 Å². The summed E-state index contributed by atoms with van der Waals surface area (Å²) < 4.78 is 29.6. The van der Waals surface area contributed by atoms with Gasteiger partial charge < -0.3 is 10.1 Å². The number of sulfone groups is 1. The molecule has 1 heterocycles. The fraction of sp³-hybridized carbons (Fsp3) is 0.625. The summed E-state index contributed by atoms with van der Waals surface area (Å²) in [7, 11) is -3.12. The van der Waals surface area contributed by atoms with Crippen LogP contribution in [0.1, 0.15) is 33.1 Å². The lowest BCUT2D eigenvalue weighted by Gasteiger charge is -2.18. The van der Waals surface area contributed by atoms with E-state index in [1.165, 1.54) is 0 Å². The average Bonchev–Trinajstić information content (AvgIpc) is 2.93. The van der Waals surface area contributed by atoms with Gasteiger partial charge in [-0.05, 0) is 43.5 Å². The van der Waals surface area contributed by atoms with Crippen LogP contribution < -0.4 is 5.32 Å². The van der Waals surface area contributed by atoms with Gasteiger partial charge in [0.1, 0.15) is 0 Å². The zero-order valence-electron chi connectivity index (χ0n) is 12.8. The van der Waals surface area contributed by atoms with Crippen LogP contribution in [0.5, 0.6) is 0 Å². The SMILES string of the molecule is CCCS(=O)(=O)c1ccc(NCC2CCOC2CC)cc1. The Bertz CT molecular complexity index is 539. The normalized spacial score (nSPS) is 22.4. The van der Waals surface area contributed by atoms with E-state index in [0.29, 0.717) is 23.3 Å². The predicted octanol–water partition coefficient (Wildman–Crippen LogP) is 3.10. The average molecular weight is 311 g/mol. The molecule has 0 amide bonds. The standard InChI is InChI=1S/C16H25NO3S/c1-3-11-21(18,19)15-7-5-14(6-8-15)17-12-13-9-10-20-16(13)4-2/h5-8,13,16-17H,3-4,9-12H2,1-2H3. The fourth-order valence-electron chi connectivity index (χ4n) is 2.79. The Morgan fingerprint density at radius 1 is 1.24 bits per heavy atom. The first kappa shape index (κ1) is 16.3. The molecule has 5 heteroatoms. The Hall–Kier alpha value is -1.07. The van der Waals surface area contributed by atoms with Gasteiger partial charge in [0.2, 0.25) is 0 Å². The van der Waals surface area contributed by atoms with Crippen molar-refractivity contribution in [3.63, 3.8) is 0 Å². The minimum Gasteiger partial charge on any atom is -0.385 e. The number of rotatable bonds is 7. The van der Waals surface area contributed by atoms with E-state index in [-0.39, 0.29) is 5.75 Å². The highest BCUT2D eigenvalue weighted by Gasteiger charge is 2.26. The van der Waals surface area contributed by atoms with Crippen molar-refractivity contribution in [3.05, 3.63) is 24.3 Å². The quantitative estimate of drug-likeness (QED) is 0.840. The van der Waals surface area contributed by atoms with E-state index in [1.54, 1.807) is 12.1 Å². The van der Waals surface area contributed by atoms with Gasteiger partial charge in [0, 0.05) is 24.8 Å². The number of anilines is 1. The lowest BCUT2D eigenvalue weighted by molar-refractivity contribution is 0.0900. The summed E-state index contributed by atoms with van der Waals surface area (Å²) in [5, 5.41) is 3.39. The zero-order valence-corrected chi connectivity index (χ0v) is 13.7. The monoisotopic (exact) mass is 311 g/mol. The van der Waals surface area contributed by atoms with Crippen LogP contribution in [0.4, 0.5) is 5.69 Å². The molecule has 1 aliphatic rings. The molecule has 1 aromatic rings. The molecule has 0 aliphatic carbocycles. The molecule has 0 radical (unpaired) electrons. The molecule has 118 valence electrons. The lowest BCUT2D eigenvalue weighted by atomic mass is 9.99. The summed E-state index contributed by atoms with van der Waals surface area (Å²) in [6.07, 6.45) is 3.12. The summed E-state index contributed by atoms with van der Waals surface area (Å²) in [5.41, 5.74) is 0.965. The first-order valence-electron chi connectivity index (χ1n) is 7.75. The van der Waals surface area contributed by atoms with Gasteiger partial charge in [-0.25, -0.2) is 8.42 Å². The molecule has 4 nitrogen and oxygen atoms in total. The maximum Gasteiger partial charge on any atom is 0.178 e. The highest BCUT2D eigenvalue weighted by molar-refractivity contribution is 7.91. The van der Waals surface area contributed by atoms with Crippen LogP contribution in [-0.4, -0.2) is 33.4 Å². The van der Waals surface area contributed by atoms with Gasteiger partial charge in [-0.2, -0.15) is 0 Å². The Morgan fingerprint density at radius 2 is 1.95 bits per heavy atom. The first-order valence-corrected chi connectivity index (χ1v) is 9.40. The van der Waals surface area contributed by atoms with Gasteiger partial charge in [-0.1, -0.05) is 13.8 Å². The van der Waals surface area contributed by atoms with Crippen LogP contribution in [0.25, 0.3) is 0 Å². The van der Waals surface area contributed by atoms with E-state index >= 15 is 0 Å². The Morgan fingerprint density at radius 3 is 2.57 bits per heavy atom. The van der Waals surface area contributed by atoms with Gasteiger partial charge in [-0.15, -0.1) is 0 Å². The Labute approximate surface area is 127 Å². The highest BCUT2D eigenvalue weighted by atomic mass is 32.2. The van der Waals surface area contributed by atoms with Crippen molar-refractivity contribution in [2.75, 3.05) is 24.2 Å². The van der Waals surface area contributed by atoms with Gasteiger partial charge in [0.05, 0.1) is 16.8 Å². The first-order chi connectivity index (χ1) is 10.1. The predicted molar refractivity (Wildman–Crippen MR) is 85.4 cm³/mol. The number of hydrogen-bond donors (Lipinski definition) is 1. The van der Waals surface area contributed by atoms with Crippen molar-refractivity contribution in [3.8, 4) is 0 Å². The van der Waals surface area contributed by atoms with Gasteiger partial charge in [-0.3, -0.25) is 0 Å². The van der Waals surface area contributed by atoms with Gasteiger partial charge in [0.25, 0.3) is 0 Å². The summed E-state index contributed by atoms with van der Waals surface area (Å²) in [6, 6.07) is 7.07. The van der Waals surface area contributed by atoms with E-state index in [2.05, 4.69) is 12.2 Å². The van der Waals surface area contributed by atoms with E-state index in [4.69, 9.17) is 4.74 Å². The number of benzene rings is 1. The van der Waals surface area contributed by atoms with Crippen molar-refractivity contribution < 1.29 is 13.2 Å². The number of ether oxygens (including phenoxy) is 1. The molecule has 21 heavy (non-hydrogen) atoms. The molecule has 1 fully saturated rings. The van der Waals surface area contributed by atoms with Crippen LogP contribution in [0.15, 0.2) is 29.2 Å². The molecular formula is C16H25NO3S. The topological polar surface area (TPSA) is 55.4 Å². The Kier molecular flexibility index (Phi) is 5.65. The second-order valence-electron chi connectivity index (χ2n) is 5.59. The summed E-state index contributed by atoms with van der Waals surface area (Å²) in [6.45, 7) is 5.75. The fourth-order valence-corrected chi connectivity index (χ4v) is 4.12. The second kappa shape index (κ2) is 7.27. The van der Waals surface area contributed by atoms with E-state index in [1.807, 2.05) is 19.1 Å². The molecule has 1 saturated heterocycles. The van der Waals surface area contributed by atoms with Crippen LogP contribution in [-0.2, 0) is 14.6 Å². The third-order valence-corrected chi connectivity index (χ3v) is 5.94. The van der Waals surface area contributed by atoms with Crippen molar-refractivity contribution in [2.24, 2.45) is 5.92 Å². The number of hydrogen-bond acceptors (Lipinski definition) is 4.